The molecule has 1 rings (SSSR count). The van der Waals surface area contributed by atoms with Crippen molar-refractivity contribution in [3.8, 4) is 0 Å². The molecule has 1 aliphatic heterocycles. The Morgan fingerprint density at radius 2 is 1.79 bits per heavy atom. The van der Waals surface area contributed by atoms with Crippen molar-refractivity contribution >= 4 is 28.3 Å². The summed E-state index contributed by atoms with van der Waals surface area (Å²) in [5.74, 6) is -0.990. The number of esters is 1. The first-order valence-corrected chi connectivity index (χ1v) is 13.3. The van der Waals surface area contributed by atoms with E-state index in [0.29, 0.717) is 30.9 Å². The molecule has 1 atom stereocenters. The Kier molecular flexibility index (Phi) is 12.8. The minimum atomic E-state index is -4.55. The molecule has 0 spiro atoms. The van der Waals surface area contributed by atoms with Crippen molar-refractivity contribution in [1.29, 1.82) is 0 Å². The van der Waals surface area contributed by atoms with Crippen molar-refractivity contribution in [2.45, 2.75) is 91.0 Å². The van der Waals surface area contributed by atoms with Crippen LogP contribution in [0.5, 0.6) is 0 Å². The van der Waals surface area contributed by atoms with Crippen LogP contribution in [-0.4, -0.2) is 69.1 Å². The lowest BCUT2D eigenvalue weighted by atomic mass is 9.89. The lowest BCUT2D eigenvalue weighted by Crippen LogP contribution is -2.54. The molecule has 2 N–H and O–H groups in total. The van der Waals surface area contributed by atoms with Gasteiger partial charge in [0.1, 0.15) is 6.04 Å². The van der Waals surface area contributed by atoms with Gasteiger partial charge in [-0.2, -0.15) is 13.5 Å². The smallest absolute Gasteiger partial charge is 0.421 e. The number of nitrogens with two attached hydrogens (primary N) is 1. The lowest BCUT2D eigenvalue weighted by molar-refractivity contribution is -0.144. The molecule has 0 aliphatic carbocycles. The molecule has 0 radical (unpaired) electrons. The van der Waals surface area contributed by atoms with Gasteiger partial charge in [-0.25, -0.2) is 8.98 Å². The minimum Gasteiger partial charge on any atom is -0.466 e. The number of piperidine rings is 1. The zero-order chi connectivity index (χ0) is 25.8. The van der Waals surface area contributed by atoms with Gasteiger partial charge in [-0.1, -0.05) is 46.5 Å². The van der Waals surface area contributed by atoms with Crippen LogP contribution in [0.4, 0.5) is 4.79 Å². The van der Waals surface area contributed by atoms with Crippen molar-refractivity contribution in [2.24, 2.45) is 11.1 Å². The summed E-state index contributed by atoms with van der Waals surface area (Å²) >= 11 is 0. The number of carbonyl (C=O) groups is 3. The van der Waals surface area contributed by atoms with Gasteiger partial charge in [-0.3, -0.25) is 9.59 Å². The van der Waals surface area contributed by atoms with Gasteiger partial charge in [0, 0.05) is 20.0 Å². The van der Waals surface area contributed by atoms with Gasteiger partial charge in [0.05, 0.1) is 13.2 Å². The van der Waals surface area contributed by atoms with E-state index in [4.69, 9.17) is 18.9 Å². The van der Waals surface area contributed by atoms with E-state index in [1.54, 1.807) is 13.8 Å². The van der Waals surface area contributed by atoms with Gasteiger partial charge in [-0.15, -0.1) is 4.28 Å². The highest BCUT2D eigenvalue weighted by molar-refractivity contribution is 7.81. The zero-order valence-corrected chi connectivity index (χ0v) is 21.7. The number of urea groups is 1. The summed E-state index contributed by atoms with van der Waals surface area (Å²) in [4.78, 5) is 37.3. The summed E-state index contributed by atoms with van der Waals surface area (Å²) in [6, 6.07) is -1.61. The van der Waals surface area contributed by atoms with E-state index < -0.39 is 33.8 Å². The van der Waals surface area contributed by atoms with Crippen molar-refractivity contribution in [1.82, 2.24) is 9.96 Å². The first-order valence-electron chi connectivity index (χ1n) is 12.0. The highest BCUT2D eigenvalue weighted by Gasteiger charge is 2.34. The minimum absolute atomic E-state index is 0.133. The molecular weight excluding hydrogens is 466 g/mol. The molecule has 34 heavy (non-hydrogen) atoms. The molecule has 0 aromatic rings. The Balaban J connectivity index is 2.44. The second-order valence-electron chi connectivity index (χ2n) is 9.43. The molecule has 1 saturated heterocycles. The second-order valence-corrected chi connectivity index (χ2v) is 10.6. The molecule has 1 aliphatic rings. The molecule has 0 bridgehead atoms. The van der Waals surface area contributed by atoms with E-state index in [9.17, 15) is 22.8 Å². The van der Waals surface area contributed by atoms with E-state index >= 15 is 0 Å². The second kappa shape index (κ2) is 14.5. The average Bonchev–Trinajstić information content (AvgIpc) is 2.78. The maximum atomic E-state index is 12.6. The van der Waals surface area contributed by atoms with Gasteiger partial charge in [0.15, 0.2) is 0 Å². The maximum Gasteiger partial charge on any atom is 0.421 e. The lowest BCUT2D eigenvalue weighted by Gasteiger charge is -2.35. The Morgan fingerprint density at radius 1 is 1.12 bits per heavy atom. The average molecular weight is 508 g/mol. The predicted molar refractivity (Wildman–Crippen MR) is 125 cm³/mol. The van der Waals surface area contributed by atoms with Crippen LogP contribution in [0.3, 0.4) is 0 Å². The molecule has 1 heterocycles. The van der Waals surface area contributed by atoms with Gasteiger partial charge in [0.25, 0.3) is 0 Å². The quantitative estimate of drug-likeness (QED) is 0.202. The van der Waals surface area contributed by atoms with Crippen molar-refractivity contribution in [3.63, 3.8) is 0 Å². The van der Waals surface area contributed by atoms with Crippen molar-refractivity contribution in [3.05, 3.63) is 0 Å². The number of carbonyl (C=O) groups excluding carboxylic acids is 3. The van der Waals surface area contributed by atoms with Crippen LogP contribution in [0.15, 0.2) is 0 Å². The number of hydrogen-bond donors (Lipinski definition) is 1. The van der Waals surface area contributed by atoms with Gasteiger partial charge in [-0.05, 0) is 37.5 Å². The van der Waals surface area contributed by atoms with Crippen LogP contribution >= 0.6 is 0 Å². The Hall–Kier alpha value is -1.92. The summed E-state index contributed by atoms with van der Waals surface area (Å²) in [5.41, 5.74) is 4.69. The molecule has 1 fully saturated rings. The van der Waals surface area contributed by atoms with E-state index in [2.05, 4.69) is 6.92 Å². The third-order valence-electron chi connectivity index (χ3n) is 5.66. The van der Waals surface area contributed by atoms with Crippen molar-refractivity contribution in [2.75, 3.05) is 26.8 Å². The molecule has 12 heteroatoms. The predicted octanol–water partition coefficient (Wildman–Crippen LogP) is 2.89. The first-order chi connectivity index (χ1) is 15.9. The summed E-state index contributed by atoms with van der Waals surface area (Å²) in [6.07, 6.45) is 7.60. The largest absolute Gasteiger partial charge is 0.466 e. The molecule has 11 nitrogen and oxygen atoms in total. The van der Waals surface area contributed by atoms with E-state index in [1.807, 2.05) is 0 Å². The molecule has 3 amide bonds. The normalized spacial score (nSPS) is 16.8. The number of hydroxylamine groups is 2. The fourth-order valence-electron chi connectivity index (χ4n) is 3.54. The van der Waals surface area contributed by atoms with Gasteiger partial charge in [0.2, 0.25) is 5.91 Å². The van der Waals surface area contributed by atoms with E-state index in [-0.39, 0.29) is 25.5 Å². The first kappa shape index (κ1) is 30.1. The third kappa shape index (κ3) is 11.5. The van der Waals surface area contributed by atoms with Gasteiger partial charge < -0.3 is 15.4 Å². The van der Waals surface area contributed by atoms with Gasteiger partial charge >= 0.3 is 22.4 Å². The number of amides is 3. The summed E-state index contributed by atoms with van der Waals surface area (Å²) in [5, 5.41) is 0.515. The fraction of sp³-hybridized carbons (Fsp3) is 0.864. The molecule has 0 unspecified atom stereocenters. The van der Waals surface area contributed by atoms with E-state index in [1.165, 1.54) is 11.3 Å². The molecule has 0 aromatic heterocycles. The number of likely N-dealkylation sites (tertiary alicyclic amines) is 1. The molecular formula is C22H41N3O8S. The van der Waals surface area contributed by atoms with Crippen molar-refractivity contribution < 1.29 is 36.0 Å². The number of nitrogens with zero attached hydrogens (tertiary/aromatic N) is 2. The number of unbranched alkanes of at least 4 members (excludes halogenated alkanes) is 4. The highest BCUT2D eigenvalue weighted by Crippen LogP contribution is 2.25. The Labute approximate surface area is 203 Å². The highest BCUT2D eigenvalue weighted by atomic mass is 32.3. The molecule has 0 aromatic carbocycles. The Bertz CT molecular complexity index is 772. The topological polar surface area (TPSA) is 146 Å². The fourth-order valence-corrected chi connectivity index (χ4v) is 4.38. The Morgan fingerprint density at radius 3 is 2.44 bits per heavy atom. The summed E-state index contributed by atoms with van der Waals surface area (Å²) in [6.45, 7) is 6.03. The summed E-state index contributed by atoms with van der Waals surface area (Å²) < 4.78 is 39.4. The number of primary amides is 1. The van der Waals surface area contributed by atoms with Crippen LogP contribution in [0.25, 0.3) is 0 Å². The third-order valence-corrected chi connectivity index (χ3v) is 6.47. The van der Waals surface area contributed by atoms with Crippen LogP contribution in [-0.2, 0) is 33.2 Å². The zero-order valence-electron chi connectivity index (χ0n) is 20.9. The molecule has 198 valence electrons. The SMILES string of the molecule is CCCCCCCOC(=O)CCC(C)(C)COS(=O)(=O)ON(C)C(=O)N1CCCC[C@H]1C(N)=O. The van der Waals surface area contributed by atoms with E-state index in [0.717, 1.165) is 39.2 Å². The standard InChI is InChI=1S/C22H41N3O8S/c1-5-6-7-8-11-16-31-19(26)13-14-22(2,3)17-32-34(29,30)33-24(4)21(28)25-15-10-9-12-18(25)20(23)27/h18H,5-17H2,1-4H3,(H2,23,27)/t18-/m0/s1. The number of ether oxygens (including phenoxy) is 1. The summed E-state index contributed by atoms with van der Waals surface area (Å²) in [7, 11) is -3.43. The molecule has 0 saturated carbocycles. The number of hydrogen-bond acceptors (Lipinski definition) is 8. The van der Waals surface area contributed by atoms with Crippen LogP contribution in [0, 0.1) is 5.41 Å². The monoisotopic (exact) mass is 507 g/mol. The number of rotatable bonds is 15. The van der Waals surface area contributed by atoms with Crippen LogP contribution in [0.2, 0.25) is 0 Å². The van der Waals surface area contributed by atoms with Crippen LogP contribution in [0.1, 0.15) is 85.0 Å². The van der Waals surface area contributed by atoms with Crippen LogP contribution < -0.4 is 5.73 Å². The maximum absolute atomic E-state index is 12.6.